The summed E-state index contributed by atoms with van der Waals surface area (Å²) in [4.78, 5) is 24.6. The Morgan fingerprint density at radius 1 is 1.28 bits per heavy atom. The summed E-state index contributed by atoms with van der Waals surface area (Å²) < 4.78 is 5.23. The highest BCUT2D eigenvalue weighted by Crippen LogP contribution is 2.23. The van der Waals surface area contributed by atoms with E-state index in [1.54, 1.807) is 4.90 Å². The van der Waals surface area contributed by atoms with E-state index in [1.807, 2.05) is 6.92 Å². The first-order valence-electron chi connectivity index (χ1n) is 6.44. The Morgan fingerprint density at radius 3 is 2.50 bits per heavy atom. The van der Waals surface area contributed by atoms with Gasteiger partial charge in [0.05, 0.1) is 5.92 Å². The molecule has 2 atom stereocenters. The van der Waals surface area contributed by atoms with Crippen molar-refractivity contribution in [2.45, 2.75) is 25.8 Å². The highest BCUT2D eigenvalue weighted by Gasteiger charge is 2.37. The summed E-state index contributed by atoms with van der Waals surface area (Å²) in [6, 6.07) is 0.0166. The van der Waals surface area contributed by atoms with Crippen molar-refractivity contribution in [3.05, 3.63) is 0 Å². The van der Waals surface area contributed by atoms with Crippen LogP contribution >= 0.6 is 0 Å². The summed E-state index contributed by atoms with van der Waals surface area (Å²) in [5.74, 6) is -1.24. The Morgan fingerprint density at radius 2 is 1.94 bits per heavy atom. The minimum Gasteiger partial charge on any atom is -0.481 e. The molecule has 0 aliphatic carbocycles. The number of nitrogens with zero attached hydrogens (tertiary/aromatic N) is 1. The number of nitrogens with one attached hydrogen (secondary N) is 1. The predicted molar refractivity (Wildman–Crippen MR) is 64.2 cm³/mol. The summed E-state index contributed by atoms with van der Waals surface area (Å²) in [7, 11) is 0. The number of carboxylic acid groups (broad SMARTS) is 1. The predicted octanol–water partition coefficient (Wildman–Crippen LogP) is 0.527. The first-order chi connectivity index (χ1) is 8.58. The van der Waals surface area contributed by atoms with E-state index in [1.165, 1.54) is 0 Å². The Hall–Kier alpha value is -1.30. The highest BCUT2D eigenvalue weighted by atomic mass is 16.5. The van der Waals surface area contributed by atoms with Crippen LogP contribution in [0.3, 0.4) is 0 Å². The molecular formula is C12H20N2O4. The first-order valence-corrected chi connectivity index (χ1v) is 6.44. The van der Waals surface area contributed by atoms with Crippen LogP contribution in [0.2, 0.25) is 0 Å². The fourth-order valence-corrected chi connectivity index (χ4v) is 2.56. The second-order valence-corrected chi connectivity index (χ2v) is 5.16. The third-order valence-electron chi connectivity index (χ3n) is 3.77. The summed E-state index contributed by atoms with van der Waals surface area (Å²) in [6.45, 7) is 4.07. The van der Waals surface area contributed by atoms with E-state index in [2.05, 4.69) is 5.32 Å². The summed E-state index contributed by atoms with van der Waals surface area (Å²) in [5, 5.41) is 12.0. The molecule has 0 bridgehead atoms. The number of aliphatic carboxylic acids is 1. The van der Waals surface area contributed by atoms with Crippen LogP contribution in [0.1, 0.15) is 19.8 Å². The second-order valence-electron chi connectivity index (χ2n) is 5.16. The molecule has 2 unspecified atom stereocenters. The highest BCUT2D eigenvalue weighted by molar-refractivity contribution is 5.77. The van der Waals surface area contributed by atoms with E-state index in [4.69, 9.17) is 9.84 Å². The molecule has 6 nitrogen and oxygen atoms in total. The van der Waals surface area contributed by atoms with Crippen molar-refractivity contribution in [1.29, 1.82) is 0 Å². The molecule has 0 aromatic carbocycles. The van der Waals surface area contributed by atoms with Crippen molar-refractivity contribution in [3.8, 4) is 0 Å². The lowest BCUT2D eigenvalue weighted by atomic mass is 9.99. The largest absolute Gasteiger partial charge is 0.481 e. The molecule has 18 heavy (non-hydrogen) atoms. The van der Waals surface area contributed by atoms with Gasteiger partial charge in [0.25, 0.3) is 0 Å². The Kier molecular flexibility index (Phi) is 4.06. The Bertz CT molecular complexity index is 328. The van der Waals surface area contributed by atoms with Crippen LogP contribution in [0.15, 0.2) is 0 Å². The van der Waals surface area contributed by atoms with Crippen LogP contribution in [0.25, 0.3) is 0 Å². The van der Waals surface area contributed by atoms with Crippen molar-refractivity contribution < 1.29 is 19.4 Å². The summed E-state index contributed by atoms with van der Waals surface area (Å²) >= 11 is 0. The molecule has 6 heteroatoms. The normalized spacial score (nSPS) is 29.3. The number of urea groups is 1. The standard InChI is InChI=1S/C12H20N2O4/c1-8-6-14(7-10(8)11(15)16)12(17)13-9-2-4-18-5-3-9/h8-10H,2-7H2,1H3,(H,13,17)(H,15,16). The van der Waals surface area contributed by atoms with Crippen LogP contribution in [0.4, 0.5) is 4.79 Å². The zero-order valence-corrected chi connectivity index (χ0v) is 10.6. The van der Waals surface area contributed by atoms with Crippen molar-refractivity contribution in [1.82, 2.24) is 10.2 Å². The van der Waals surface area contributed by atoms with Crippen LogP contribution in [0.5, 0.6) is 0 Å². The lowest BCUT2D eigenvalue weighted by Crippen LogP contribution is -2.46. The molecule has 0 saturated carbocycles. The molecule has 2 aliphatic rings. The first kappa shape index (κ1) is 13.1. The van der Waals surface area contributed by atoms with Crippen LogP contribution in [0, 0.1) is 11.8 Å². The Labute approximate surface area is 106 Å². The number of ether oxygens (including phenoxy) is 1. The number of hydrogen-bond acceptors (Lipinski definition) is 3. The zero-order chi connectivity index (χ0) is 13.1. The number of rotatable bonds is 2. The smallest absolute Gasteiger partial charge is 0.317 e. The fraction of sp³-hybridized carbons (Fsp3) is 0.833. The van der Waals surface area contributed by atoms with Crippen molar-refractivity contribution in [2.24, 2.45) is 11.8 Å². The van der Waals surface area contributed by atoms with E-state index in [9.17, 15) is 9.59 Å². The van der Waals surface area contributed by atoms with Gasteiger partial charge in [0.15, 0.2) is 0 Å². The molecule has 2 amide bonds. The monoisotopic (exact) mass is 256 g/mol. The van der Waals surface area contributed by atoms with Gasteiger partial charge in [-0.05, 0) is 18.8 Å². The molecular weight excluding hydrogens is 236 g/mol. The van der Waals surface area contributed by atoms with Gasteiger partial charge in [0.2, 0.25) is 0 Å². The Balaban J connectivity index is 1.84. The van der Waals surface area contributed by atoms with Crippen LogP contribution in [-0.4, -0.2) is 54.4 Å². The fourth-order valence-electron chi connectivity index (χ4n) is 2.56. The molecule has 102 valence electrons. The molecule has 2 N–H and O–H groups in total. The van der Waals surface area contributed by atoms with E-state index in [0.29, 0.717) is 26.3 Å². The lowest BCUT2D eigenvalue weighted by Gasteiger charge is -2.26. The minimum absolute atomic E-state index is 0.0166. The topological polar surface area (TPSA) is 78.9 Å². The molecule has 2 saturated heterocycles. The molecule has 0 aromatic rings. The molecule has 2 rings (SSSR count). The second kappa shape index (κ2) is 5.56. The zero-order valence-electron chi connectivity index (χ0n) is 10.6. The molecule has 0 radical (unpaired) electrons. The maximum absolute atomic E-state index is 12.0. The molecule has 0 spiro atoms. The SMILES string of the molecule is CC1CN(C(=O)NC2CCOCC2)CC1C(=O)O. The molecule has 2 fully saturated rings. The minimum atomic E-state index is -0.816. The number of carbonyl (C=O) groups excluding carboxylic acids is 1. The van der Waals surface area contributed by atoms with Gasteiger partial charge in [-0.25, -0.2) is 4.79 Å². The maximum Gasteiger partial charge on any atom is 0.317 e. The van der Waals surface area contributed by atoms with Crippen LogP contribution in [-0.2, 0) is 9.53 Å². The third-order valence-corrected chi connectivity index (χ3v) is 3.77. The summed E-state index contributed by atoms with van der Waals surface area (Å²) in [5.41, 5.74) is 0. The van der Waals surface area contributed by atoms with E-state index < -0.39 is 11.9 Å². The van der Waals surface area contributed by atoms with Gasteiger partial charge in [-0.1, -0.05) is 6.92 Å². The average molecular weight is 256 g/mol. The number of carboxylic acids is 1. The van der Waals surface area contributed by atoms with Gasteiger partial charge in [-0.15, -0.1) is 0 Å². The third kappa shape index (κ3) is 2.93. The maximum atomic E-state index is 12.0. The summed E-state index contributed by atoms with van der Waals surface area (Å²) in [6.07, 6.45) is 1.66. The van der Waals surface area contributed by atoms with Gasteiger partial charge >= 0.3 is 12.0 Å². The van der Waals surface area contributed by atoms with Gasteiger partial charge in [0.1, 0.15) is 0 Å². The number of hydrogen-bond donors (Lipinski definition) is 2. The number of carbonyl (C=O) groups is 2. The molecule has 2 heterocycles. The lowest BCUT2D eigenvalue weighted by molar-refractivity contribution is -0.142. The molecule has 2 aliphatic heterocycles. The number of amides is 2. The van der Waals surface area contributed by atoms with E-state index >= 15 is 0 Å². The average Bonchev–Trinajstić information content (AvgIpc) is 2.73. The van der Waals surface area contributed by atoms with E-state index in [0.717, 1.165) is 12.8 Å². The van der Waals surface area contributed by atoms with Crippen molar-refractivity contribution in [3.63, 3.8) is 0 Å². The van der Waals surface area contributed by atoms with Gasteiger partial charge < -0.3 is 20.1 Å². The van der Waals surface area contributed by atoms with Gasteiger partial charge in [-0.3, -0.25) is 4.79 Å². The van der Waals surface area contributed by atoms with Crippen molar-refractivity contribution >= 4 is 12.0 Å². The quantitative estimate of drug-likeness (QED) is 0.755. The van der Waals surface area contributed by atoms with Crippen molar-refractivity contribution in [2.75, 3.05) is 26.3 Å². The number of likely N-dealkylation sites (tertiary alicyclic amines) is 1. The molecule has 0 aromatic heterocycles. The van der Waals surface area contributed by atoms with E-state index in [-0.39, 0.29) is 18.0 Å². The van der Waals surface area contributed by atoms with Gasteiger partial charge in [0, 0.05) is 32.3 Å². The van der Waals surface area contributed by atoms with Gasteiger partial charge in [-0.2, -0.15) is 0 Å². The van der Waals surface area contributed by atoms with Crippen LogP contribution < -0.4 is 5.32 Å².